The van der Waals surface area contributed by atoms with E-state index in [1.54, 1.807) is 0 Å². The summed E-state index contributed by atoms with van der Waals surface area (Å²) in [4.78, 5) is 0. The van der Waals surface area contributed by atoms with Crippen LogP contribution in [0.5, 0.6) is 0 Å². The van der Waals surface area contributed by atoms with Gasteiger partial charge in [0.2, 0.25) is 0 Å². The number of rotatable bonds is 9. The Bertz CT molecular complexity index is 1930. The zero-order chi connectivity index (χ0) is 37.6. The first-order valence-corrected chi connectivity index (χ1v) is 23.1. The molecule has 1 fully saturated rings. The van der Waals surface area contributed by atoms with Gasteiger partial charge in [0.1, 0.15) is 0 Å². The Morgan fingerprint density at radius 1 is 0.491 bits per heavy atom. The van der Waals surface area contributed by atoms with E-state index in [4.69, 9.17) is 0 Å². The summed E-state index contributed by atoms with van der Waals surface area (Å²) in [5.41, 5.74) is 4.60. The number of para-hydroxylation sites is 1. The first-order chi connectivity index (χ1) is 26.5. The van der Waals surface area contributed by atoms with E-state index in [-0.39, 0.29) is 26.8 Å². The van der Waals surface area contributed by atoms with Crippen LogP contribution in [0.15, 0.2) is 188 Å². The predicted octanol–water partition coefficient (Wildman–Crippen LogP) is 9.80. The third-order valence-corrected chi connectivity index (χ3v) is 16.7. The minimum Gasteiger partial charge on any atom is -0.358 e. The summed E-state index contributed by atoms with van der Waals surface area (Å²) in [6, 6.07) is 50.5. The molecule has 0 spiro atoms. The molecule has 0 saturated heterocycles. The third kappa shape index (κ3) is 10.7. The molecule has 3 aliphatic carbocycles. The maximum Gasteiger partial charge on any atom is 1.00 e. The molecule has 0 aliphatic heterocycles. The van der Waals surface area contributed by atoms with Crippen LogP contribution in [0.3, 0.4) is 0 Å². The Balaban J connectivity index is 0.000000202. The largest absolute Gasteiger partial charge is 1.00 e. The minimum atomic E-state index is -2.11. The Kier molecular flexibility index (Phi) is 16.5. The van der Waals surface area contributed by atoms with Crippen LogP contribution in [0.4, 0.5) is 5.69 Å². The summed E-state index contributed by atoms with van der Waals surface area (Å²) in [6.07, 6.45) is 25.3. The molecule has 0 heterocycles. The number of hydrogen-bond donors (Lipinski definition) is 1. The van der Waals surface area contributed by atoms with Crippen molar-refractivity contribution >= 4 is 47.2 Å². The van der Waals surface area contributed by atoms with E-state index in [2.05, 4.69) is 221 Å². The molecule has 5 aromatic rings. The van der Waals surface area contributed by atoms with Crippen LogP contribution in [0.1, 0.15) is 82.8 Å². The molecular formula is C51H57LiNP2+. The molecule has 0 amide bonds. The number of hydrogen-bond acceptors (Lipinski definition) is 1. The second kappa shape index (κ2) is 21.5. The van der Waals surface area contributed by atoms with Crippen molar-refractivity contribution in [1.29, 1.82) is 0 Å². The molecule has 1 N–H and O–H groups in total. The minimum absolute atomic E-state index is 0. The average molecular weight is 753 g/mol. The van der Waals surface area contributed by atoms with Gasteiger partial charge >= 0.3 is 18.9 Å². The zero-order valence-electron chi connectivity index (χ0n) is 33.6. The summed E-state index contributed by atoms with van der Waals surface area (Å²) in [7, 11) is -2.44. The summed E-state index contributed by atoms with van der Waals surface area (Å²) in [5, 5.41) is 11.2. The molecule has 1 nitrogen and oxygen atoms in total. The van der Waals surface area contributed by atoms with Crippen molar-refractivity contribution in [2.45, 2.75) is 77.3 Å². The van der Waals surface area contributed by atoms with Crippen LogP contribution in [-0.4, -0.2) is 11.0 Å². The van der Waals surface area contributed by atoms with E-state index >= 15 is 0 Å². The quantitative estimate of drug-likeness (QED) is 0.117. The molecule has 276 valence electrons. The van der Waals surface area contributed by atoms with Crippen molar-refractivity contribution < 1.29 is 18.9 Å². The summed E-state index contributed by atoms with van der Waals surface area (Å²) in [5.74, 6) is 0.878. The van der Waals surface area contributed by atoms with Crippen LogP contribution in [0.25, 0.3) is 0 Å². The van der Waals surface area contributed by atoms with Gasteiger partial charge in [0, 0.05) is 18.4 Å². The van der Waals surface area contributed by atoms with Gasteiger partial charge in [0.05, 0.1) is 0 Å². The fourth-order valence-corrected chi connectivity index (χ4v) is 13.8. The molecule has 0 radical (unpaired) electrons. The third-order valence-electron chi connectivity index (χ3n) is 10.3. The van der Waals surface area contributed by atoms with Crippen LogP contribution in [0, 0.1) is 0 Å². The summed E-state index contributed by atoms with van der Waals surface area (Å²) < 4.78 is 0. The molecule has 0 atom stereocenters. The average Bonchev–Trinajstić information content (AvgIpc) is 4.06. The number of anilines is 1. The van der Waals surface area contributed by atoms with E-state index in [0.717, 1.165) is 0 Å². The van der Waals surface area contributed by atoms with Gasteiger partial charge < -0.3 is 5.09 Å². The van der Waals surface area contributed by atoms with Gasteiger partial charge in [-0.2, -0.15) is 0 Å². The van der Waals surface area contributed by atoms with Crippen molar-refractivity contribution in [1.82, 2.24) is 0 Å². The van der Waals surface area contributed by atoms with Crippen molar-refractivity contribution in [2.24, 2.45) is 0 Å². The van der Waals surface area contributed by atoms with Gasteiger partial charge in [-0.05, 0) is 57.4 Å². The van der Waals surface area contributed by atoms with Gasteiger partial charge in [-0.15, -0.1) is 0 Å². The predicted molar refractivity (Wildman–Crippen MR) is 245 cm³/mol. The summed E-state index contributed by atoms with van der Waals surface area (Å²) >= 11 is 0. The molecular weight excluding hydrogens is 695 g/mol. The second-order valence-electron chi connectivity index (χ2n) is 14.8. The molecule has 0 bridgehead atoms. The van der Waals surface area contributed by atoms with E-state index in [9.17, 15) is 0 Å². The van der Waals surface area contributed by atoms with Gasteiger partial charge in [0.15, 0.2) is 0 Å². The number of benzene rings is 5. The van der Waals surface area contributed by atoms with E-state index in [1.807, 2.05) is 0 Å². The normalized spacial score (nSPS) is 14.5. The van der Waals surface area contributed by atoms with Crippen molar-refractivity contribution in [3.8, 4) is 0 Å². The number of nitrogens with one attached hydrogen (secondary N) is 1. The zero-order valence-corrected chi connectivity index (χ0v) is 35.3. The second-order valence-corrected chi connectivity index (χ2v) is 20.3. The molecule has 5 aromatic carbocycles. The molecule has 0 unspecified atom stereocenters. The monoisotopic (exact) mass is 752 g/mol. The Hall–Kier alpha value is -3.81. The molecule has 0 aromatic heterocycles. The topological polar surface area (TPSA) is 12.0 Å². The maximum atomic E-state index is 4.24. The SMILES string of the molecule is C1=CC(P(c2ccccc2)c2ccccc2)C=C1.C1CCCC1.CC(C)c1cccc(C(C)C)c1NP(=C1C=CC=C1)(c1ccccc1)c1ccccc1.[Li+]. The van der Waals surface area contributed by atoms with Gasteiger partial charge in [0.25, 0.3) is 0 Å². The molecule has 1 saturated carbocycles. The van der Waals surface area contributed by atoms with Crippen molar-refractivity contribution in [2.75, 3.05) is 5.09 Å². The van der Waals surface area contributed by atoms with E-state index in [0.29, 0.717) is 17.5 Å². The van der Waals surface area contributed by atoms with Gasteiger partial charge in [-0.25, -0.2) is 0 Å². The maximum absolute atomic E-state index is 4.24. The van der Waals surface area contributed by atoms with Crippen LogP contribution < -0.4 is 45.2 Å². The molecule has 55 heavy (non-hydrogen) atoms. The number of allylic oxidation sites excluding steroid dienone is 8. The smallest absolute Gasteiger partial charge is 0.358 e. The molecule has 3 aliphatic rings. The first kappa shape index (κ1) is 42.3. The first-order valence-electron chi connectivity index (χ1n) is 19.9. The summed E-state index contributed by atoms with van der Waals surface area (Å²) in [6.45, 7) is 9.16. The van der Waals surface area contributed by atoms with Crippen LogP contribution in [-0.2, 0) is 0 Å². The van der Waals surface area contributed by atoms with Crippen LogP contribution in [0.2, 0.25) is 0 Å². The Morgan fingerprint density at radius 3 is 1.25 bits per heavy atom. The van der Waals surface area contributed by atoms with Gasteiger partial charge in [-0.3, -0.25) is 0 Å². The fraction of sp³-hybridized carbons (Fsp3) is 0.235. The standard InChI is InChI=1S/C29H32NP.C17H15P.C5H10.Li/c1-22(2)27-20-13-21-28(23(3)4)29(27)30-31(26-18-11-12-19-26,24-14-7-5-8-15-24)25-16-9-6-10-17-25;1-3-9-15(10-4-1)18(17-13-7-8-14-17)16-11-5-2-6-12-16;1-2-4-5-3-1;/h5-23,30H,1-4H3;1-14,17H;1-5H2;/q;;;+1. The Morgan fingerprint density at radius 2 is 0.873 bits per heavy atom. The van der Waals surface area contributed by atoms with Crippen molar-refractivity contribution in [3.63, 3.8) is 0 Å². The van der Waals surface area contributed by atoms with Gasteiger partial charge in [-0.1, -0.05) is 248 Å². The fourth-order valence-electron chi connectivity index (χ4n) is 7.53. The molecule has 4 heteroatoms. The van der Waals surface area contributed by atoms with E-state index in [1.165, 1.54) is 75.4 Å². The molecule has 8 rings (SSSR count). The Labute approximate surface area is 345 Å². The van der Waals surface area contributed by atoms with E-state index < -0.39 is 7.04 Å². The van der Waals surface area contributed by atoms with Crippen LogP contribution >= 0.6 is 15.0 Å². The van der Waals surface area contributed by atoms with Crippen molar-refractivity contribution in [3.05, 3.63) is 199 Å².